The van der Waals surface area contributed by atoms with Crippen molar-refractivity contribution >= 4 is 62.6 Å². The van der Waals surface area contributed by atoms with Crippen LogP contribution < -0.4 is 10.6 Å². The summed E-state index contributed by atoms with van der Waals surface area (Å²) < 4.78 is 37.7. The van der Waals surface area contributed by atoms with E-state index in [1.807, 2.05) is 37.3 Å². The average Bonchev–Trinajstić information content (AvgIpc) is 3.53. The monoisotopic (exact) mass is 737 g/mol. The zero-order valence-corrected chi connectivity index (χ0v) is 31.8. The number of aromatic amines is 1. The van der Waals surface area contributed by atoms with Crippen LogP contribution in [0.15, 0.2) is 52.2 Å². The lowest BCUT2D eigenvalue weighted by Crippen LogP contribution is -2.41. The molecule has 14 heteroatoms. The Balaban J connectivity index is 1.85. The molecule has 0 bridgehead atoms. The Morgan fingerprint density at radius 3 is 2.33 bits per heavy atom. The Hall–Kier alpha value is -4.19. The summed E-state index contributed by atoms with van der Waals surface area (Å²) in [7, 11) is -4.12. The van der Waals surface area contributed by atoms with Crippen molar-refractivity contribution in [3.8, 4) is 0 Å². The number of nitrogens with zero attached hydrogens (tertiary/aromatic N) is 2. The van der Waals surface area contributed by atoms with E-state index in [0.717, 1.165) is 18.4 Å². The molecular formula is C37H47N5O7S2. The number of benzene rings is 1. The summed E-state index contributed by atoms with van der Waals surface area (Å²) in [6, 6.07) is 9.32. The summed E-state index contributed by atoms with van der Waals surface area (Å²) in [6.45, 7) is 20.9. The molecule has 1 saturated carbocycles. The van der Waals surface area contributed by atoms with E-state index in [1.165, 1.54) is 18.7 Å². The first-order valence-electron chi connectivity index (χ1n) is 17.1. The Kier molecular flexibility index (Phi) is 13.1. The molecule has 4 N–H and O–H groups in total. The molecule has 2 aromatic rings. The zero-order valence-electron chi connectivity index (χ0n) is 30.1. The number of carbonyl (C=O) groups excluding carboxylic acids is 3. The summed E-state index contributed by atoms with van der Waals surface area (Å²) in [4.78, 5) is 51.8. The molecule has 0 saturated heterocycles. The molecule has 51 heavy (non-hydrogen) atoms. The van der Waals surface area contributed by atoms with Crippen molar-refractivity contribution in [1.29, 1.82) is 0 Å². The third-order valence-corrected chi connectivity index (χ3v) is 11.5. The number of esters is 1. The van der Waals surface area contributed by atoms with Crippen molar-refractivity contribution in [2.75, 3.05) is 16.8 Å². The maximum atomic E-state index is 14.3. The number of aromatic nitrogens is 1. The van der Waals surface area contributed by atoms with Gasteiger partial charge in [-0.15, -0.1) is 11.8 Å². The predicted molar refractivity (Wildman–Crippen MR) is 201 cm³/mol. The molecule has 2 aliphatic rings. The van der Waals surface area contributed by atoms with Gasteiger partial charge in [0.1, 0.15) is 23.3 Å². The predicted octanol–water partition coefficient (Wildman–Crippen LogP) is 6.84. The molecule has 0 spiro atoms. The highest BCUT2D eigenvalue weighted by Gasteiger charge is 2.38. The van der Waals surface area contributed by atoms with Crippen LogP contribution in [-0.4, -0.2) is 64.4 Å². The number of thioether (sulfide) groups is 1. The van der Waals surface area contributed by atoms with Crippen molar-refractivity contribution in [1.82, 2.24) is 10.3 Å². The highest BCUT2D eigenvalue weighted by Crippen LogP contribution is 2.42. The first-order chi connectivity index (χ1) is 24.1. The lowest BCUT2D eigenvalue weighted by atomic mass is 9.75. The molecule has 1 aliphatic heterocycles. The molecule has 3 atom stereocenters. The van der Waals surface area contributed by atoms with Crippen LogP contribution in [-0.2, 0) is 29.2 Å². The first kappa shape index (κ1) is 39.6. The summed E-state index contributed by atoms with van der Waals surface area (Å²) >= 11 is 1.25. The molecule has 4 rings (SSSR count). The van der Waals surface area contributed by atoms with Crippen LogP contribution in [0.5, 0.6) is 0 Å². The maximum absolute atomic E-state index is 14.3. The number of carbonyl (C=O) groups is 3. The number of allylic oxidation sites excluding steroid dienone is 1. The molecule has 2 amide bonds. The molecular weight excluding hydrogens is 691 g/mol. The minimum atomic E-state index is -4.12. The van der Waals surface area contributed by atoms with Gasteiger partial charge in [0, 0.05) is 18.2 Å². The highest BCUT2D eigenvalue weighted by molar-refractivity contribution is 8.00. The van der Waals surface area contributed by atoms with Gasteiger partial charge in [-0.3, -0.25) is 14.1 Å². The van der Waals surface area contributed by atoms with Crippen LogP contribution in [0.4, 0.5) is 11.5 Å². The van der Waals surface area contributed by atoms with E-state index in [2.05, 4.69) is 41.2 Å². The fourth-order valence-corrected chi connectivity index (χ4v) is 8.76. The third-order valence-electron chi connectivity index (χ3n) is 9.26. The molecule has 12 nitrogen and oxygen atoms in total. The molecule has 3 unspecified atom stereocenters. The largest absolute Gasteiger partial charge is 0.458 e. The van der Waals surface area contributed by atoms with Gasteiger partial charge in [-0.2, -0.15) is 8.42 Å². The Morgan fingerprint density at radius 2 is 1.76 bits per heavy atom. The number of nitrogens with one attached hydrogen (secondary N) is 3. The second kappa shape index (κ2) is 16.9. The van der Waals surface area contributed by atoms with Crippen LogP contribution in [0.3, 0.4) is 0 Å². The van der Waals surface area contributed by atoms with Gasteiger partial charge in [-0.1, -0.05) is 58.0 Å². The molecule has 2 heterocycles. The number of amidine groups is 1. The fourth-order valence-electron chi connectivity index (χ4n) is 7.03. The second-order valence-electron chi connectivity index (χ2n) is 13.5. The SMILES string of the molecule is [C-]#[N+]c1c(NC(C)=O)[nH]c(/C(=C2\N=C(NC(=O)C(CC)SCCCS(=O)(=O)O)C(C(=O)OC3C(C)CC(C)CC3C)=C2C)c2ccccc2)c1C. The quantitative estimate of drug-likeness (QED) is 0.0794. The molecule has 274 valence electrons. The topological polar surface area (TPSA) is 171 Å². The molecule has 1 aromatic carbocycles. The average molecular weight is 738 g/mol. The van der Waals surface area contributed by atoms with Crippen LogP contribution in [0.25, 0.3) is 10.4 Å². The number of rotatable bonds is 12. The van der Waals surface area contributed by atoms with E-state index in [9.17, 15) is 22.8 Å². The third kappa shape index (κ3) is 9.58. The fraction of sp³-hybridized carbons (Fsp3) is 0.486. The van der Waals surface area contributed by atoms with Gasteiger partial charge in [0.15, 0.2) is 0 Å². The first-order valence-corrected chi connectivity index (χ1v) is 19.8. The number of hydrogen-bond acceptors (Lipinski definition) is 8. The minimum Gasteiger partial charge on any atom is -0.458 e. The maximum Gasteiger partial charge on any atom is 0.342 e. The Morgan fingerprint density at radius 1 is 1.12 bits per heavy atom. The van der Waals surface area contributed by atoms with E-state index in [0.29, 0.717) is 46.2 Å². The number of aliphatic imine (C=N–C) groups is 1. The highest BCUT2D eigenvalue weighted by atomic mass is 32.2. The van der Waals surface area contributed by atoms with Crippen LogP contribution in [0.1, 0.15) is 84.0 Å². The number of ether oxygens (including phenoxy) is 1. The van der Waals surface area contributed by atoms with Crippen molar-refractivity contribution in [3.63, 3.8) is 0 Å². The van der Waals surface area contributed by atoms with Gasteiger partial charge in [-0.25, -0.2) is 14.6 Å². The van der Waals surface area contributed by atoms with Crippen LogP contribution >= 0.6 is 11.8 Å². The van der Waals surface area contributed by atoms with E-state index < -0.39 is 33.0 Å². The smallest absolute Gasteiger partial charge is 0.342 e. The summed E-state index contributed by atoms with van der Waals surface area (Å²) in [5.74, 6) is -0.440. The van der Waals surface area contributed by atoms with Crippen LogP contribution in [0, 0.1) is 31.2 Å². The zero-order chi connectivity index (χ0) is 37.6. The van der Waals surface area contributed by atoms with E-state index in [4.69, 9.17) is 20.9 Å². The summed E-state index contributed by atoms with van der Waals surface area (Å²) in [5.41, 5.74) is 3.55. The van der Waals surface area contributed by atoms with Crippen molar-refractivity contribution in [2.45, 2.75) is 85.5 Å². The van der Waals surface area contributed by atoms with Crippen molar-refractivity contribution in [3.05, 3.63) is 75.4 Å². The normalized spacial score (nSPS) is 22.1. The number of amides is 2. The molecule has 1 aliphatic carbocycles. The second-order valence-corrected chi connectivity index (χ2v) is 16.4. The number of anilines is 1. The number of hydrogen-bond donors (Lipinski definition) is 4. The van der Waals surface area contributed by atoms with Crippen molar-refractivity contribution in [2.24, 2.45) is 22.7 Å². The van der Waals surface area contributed by atoms with Gasteiger partial charge in [0.25, 0.3) is 10.1 Å². The molecule has 1 aromatic heterocycles. The van der Waals surface area contributed by atoms with Gasteiger partial charge < -0.3 is 20.4 Å². The van der Waals surface area contributed by atoms with E-state index in [-0.39, 0.29) is 53.2 Å². The minimum absolute atomic E-state index is 0.0316. The molecule has 1 fully saturated rings. The Bertz CT molecular complexity index is 1900. The summed E-state index contributed by atoms with van der Waals surface area (Å²) in [6.07, 6.45) is 2.08. The van der Waals surface area contributed by atoms with Crippen LogP contribution in [0.2, 0.25) is 0 Å². The van der Waals surface area contributed by atoms with Gasteiger partial charge in [0.05, 0.1) is 23.3 Å². The van der Waals surface area contributed by atoms with Gasteiger partial charge in [0.2, 0.25) is 17.5 Å². The standard InChI is InChI=1S/C37H47N5O7S2/c1-9-27(50-16-13-17-51(46,47)48)36(44)42-34-28(37(45)49-33-21(3)18-20(2)19-22(33)4)23(5)30(40-34)29(26-14-11-10-12-15-26)31-24(6)32(38-8)35(41-31)39-25(7)43/h10-12,14-15,20-22,27,33,41H,9,13,16-19H2,1-7H3,(H,39,43)(H,40,42,44)(H,46,47,48)/b30-29-. The number of H-pyrrole nitrogens is 1. The van der Waals surface area contributed by atoms with E-state index in [1.54, 1.807) is 13.8 Å². The lowest BCUT2D eigenvalue weighted by Gasteiger charge is -2.37. The van der Waals surface area contributed by atoms with E-state index >= 15 is 0 Å². The summed E-state index contributed by atoms with van der Waals surface area (Å²) in [5, 5.41) is 4.99. The van der Waals surface area contributed by atoms with Gasteiger partial charge >= 0.3 is 5.97 Å². The lowest BCUT2D eigenvalue weighted by molar-refractivity contribution is -0.152. The molecule has 0 radical (unpaired) electrons. The van der Waals surface area contributed by atoms with Gasteiger partial charge in [-0.05, 0) is 79.7 Å². The Labute approximate surface area is 304 Å². The van der Waals surface area contributed by atoms with Crippen molar-refractivity contribution < 1.29 is 32.1 Å².